The van der Waals surface area contributed by atoms with Crippen molar-refractivity contribution in [3.63, 3.8) is 0 Å². The highest BCUT2D eigenvalue weighted by Gasteiger charge is 2.31. The molecule has 2 N–H and O–H groups in total. The van der Waals surface area contributed by atoms with E-state index in [1.165, 1.54) is 25.3 Å². The molecule has 33 heavy (non-hydrogen) atoms. The maximum Gasteiger partial charge on any atom is 0.263 e. The number of aliphatic imine (C=N–C) groups is 1. The van der Waals surface area contributed by atoms with Gasteiger partial charge in [0.2, 0.25) is 5.91 Å². The van der Waals surface area contributed by atoms with Gasteiger partial charge >= 0.3 is 0 Å². The number of aromatic nitrogens is 1. The van der Waals surface area contributed by atoms with Crippen molar-refractivity contribution in [2.75, 3.05) is 23.3 Å². The second kappa shape index (κ2) is 8.47. The lowest BCUT2D eigenvalue weighted by Gasteiger charge is -2.30. The van der Waals surface area contributed by atoms with Crippen LogP contribution in [0.25, 0.3) is 10.8 Å². The zero-order chi connectivity index (χ0) is 23.0. The summed E-state index contributed by atoms with van der Waals surface area (Å²) < 4.78 is 27.1. The molecular formula is C24H25N5O3S. The summed E-state index contributed by atoms with van der Waals surface area (Å²) in [5, 5.41) is 4.86. The van der Waals surface area contributed by atoms with Crippen LogP contribution in [0.1, 0.15) is 31.7 Å². The summed E-state index contributed by atoms with van der Waals surface area (Å²) in [5.41, 5.74) is 2.27. The average Bonchev–Trinajstić information content (AvgIpc) is 3.09. The summed E-state index contributed by atoms with van der Waals surface area (Å²) in [6, 6.07) is 11.7. The third kappa shape index (κ3) is 4.04. The Balaban J connectivity index is 1.41. The SMILES string of the molecule is C[C@H](N=C1NS(=O)(=O)c2ccccc21)C(=O)Nc1ccc(N2CCCCC2)c2ccncc12. The number of sulfonamides is 1. The number of amides is 1. The molecule has 0 bridgehead atoms. The van der Waals surface area contributed by atoms with Crippen molar-refractivity contribution in [2.24, 2.45) is 4.99 Å². The summed E-state index contributed by atoms with van der Waals surface area (Å²) in [6.45, 7) is 3.68. The zero-order valence-electron chi connectivity index (χ0n) is 18.3. The van der Waals surface area contributed by atoms with E-state index in [0.717, 1.165) is 29.5 Å². The van der Waals surface area contributed by atoms with Crippen molar-refractivity contribution in [3.05, 3.63) is 60.4 Å². The lowest BCUT2D eigenvalue weighted by molar-refractivity contribution is -0.116. The fourth-order valence-electron chi connectivity index (χ4n) is 4.41. The van der Waals surface area contributed by atoms with E-state index < -0.39 is 16.1 Å². The van der Waals surface area contributed by atoms with Crippen molar-refractivity contribution in [2.45, 2.75) is 37.1 Å². The highest BCUT2D eigenvalue weighted by Crippen LogP contribution is 2.33. The van der Waals surface area contributed by atoms with Crippen molar-refractivity contribution in [1.29, 1.82) is 0 Å². The van der Waals surface area contributed by atoms with E-state index in [-0.39, 0.29) is 16.6 Å². The van der Waals surface area contributed by atoms with Gasteiger partial charge in [-0.15, -0.1) is 0 Å². The van der Waals surface area contributed by atoms with Crippen LogP contribution in [0.5, 0.6) is 0 Å². The van der Waals surface area contributed by atoms with Crippen LogP contribution in [0.3, 0.4) is 0 Å². The number of amidine groups is 1. The number of carbonyl (C=O) groups is 1. The number of benzene rings is 2. The molecule has 1 fully saturated rings. The number of nitrogens with zero attached hydrogens (tertiary/aromatic N) is 3. The quantitative estimate of drug-likeness (QED) is 0.618. The normalized spacial score (nSPS) is 19.2. The number of anilines is 2. The summed E-state index contributed by atoms with van der Waals surface area (Å²) in [7, 11) is -3.65. The number of carbonyl (C=O) groups excluding carboxylic acids is 1. The molecule has 1 atom stereocenters. The Hall–Kier alpha value is -3.46. The highest BCUT2D eigenvalue weighted by atomic mass is 32.2. The minimum Gasteiger partial charge on any atom is -0.371 e. The Morgan fingerprint density at radius 3 is 2.70 bits per heavy atom. The molecule has 1 amide bonds. The molecule has 0 aliphatic carbocycles. The van der Waals surface area contributed by atoms with E-state index in [9.17, 15) is 13.2 Å². The molecular weight excluding hydrogens is 438 g/mol. The molecule has 0 saturated carbocycles. The van der Waals surface area contributed by atoms with Gasteiger partial charge in [-0.25, -0.2) is 8.42 Å². The van der Waals surface area contributed by atoms with E-state index in [1.54, 1.807) is 37.5 Å². The van der Waals surface area contributed by atoms with Crippen LogP contribution in [0, 0.1) is 0 Å². The van der Waals surface area contributed by atoms with Gasteiger partial charge < -0.3 is 10.2 Å². The molecule has 0 spiro atoms. The predicted octanol–water partition coefficient (Wildman–Crippen LogP) is 3.29. The van der Waals surface area contributed by atoms with Crippen molar-refractivity contribution in [3.8, 4) is 0 Å². The lowest BCUT2D eigenvalue weighted by atomic mass is 10.0. The van der Waals surface area contributed by atoms with E-state index in [2.05, 4.69) is 24.9 Å². The number of rotatable bonds is 4. The minimum absolute atomic E-state index is 0.168. The van der Waals surface area contributed by atoms with Crippen molar-refractivity contribution >= 4 is 43.9 Å². The van der Waals surface area contributed by atoms with Gasteiger partial charge in [0.25, 0.3) is 10.0 Å². The van der Waals surface area contributed by atoms with Crippen molar-refractivity contribution in [1.82, 2.24) is 9.71 Å². The fourth-order valence-corrected chi connectivity index (χ4v) is 5.65. The van der Waals surface area contributed by atoms with E-state index in [4.69, 9.17) is 0 Å². The second-order valence-electron chi connectivity index (χ2n) is 8.35. The molecule has 0 unspecified atom stereocenters. The number of hydrogen-bond donors (Lipinski definition) is 2. The van der Waals surface area contributed by atoms with Crippen LogP contribution in [-0.2, 0) is 14.8 Å². The Morgan fingerprint density at radius 2 is 1.88 bits per heavy atom. The maximum atomic E-state index is 13.0. The van der Waals surface area contributed by atoms with Gasteiger partial charge in [0.05, 0.1) is 10.6 Å². The smallest absolute Gasteiger partial charge is 0.263 e. The molecule has 2 aliphatic heterocycles. The average molecular weight is 464 g/mol. The molecule has 8 nitrogen and oxygen atoms in total. The van der Waals surface area contributed by atoms with Gasteiger partial charge in [-0.1, -0.05) is 12.1 Å². The van der Waals surface area contributed by atoms with Crippen LogP contribution >= 0.6 is 0 Å². The van der Waals surface area contributed by atoms with Crippen LogP contribution in [0.4, 0.5) is 11.4 Å². The molecule has 3 aromatic rings. The molecule has 1 saturated heterocycles. The van der Waals surface area contributed by atoms with Gasteiger partial charge in [-0.05, 0) is 56.5 Å². The first kappa shape index (κ1) is 21.4. The standard InChI is InChI=1S/C24H25N5O3S/c1-16(26-23-18-7-3-4-8-22(18)33(31,32)28-23)24(30)27-20-9-10-21(29-13-5-2-6-14-29)17-11-12-25-15-19(17)20/h3-4,7-12,15-16H,2,5-6,13-14H2,1H3,(H,26,28)(H,27,30)/t16-/m0/s1. The van der Waals surface area contributed by atoms with Crippen LogP contribution < -0.4 is 14.9 Å². The molecule has 0 radical (unpaired) electrons. The fraction of sp³-hybridized carbons (Fsp3) is 0.292. The van der Waals surface area contributed by atoms with Crippen LogP contribution in [0.15, 0.2) is 64.7 Å². The van der Waals surface area contributed by atoms with Gasteiger partial charge in [0.15, 0.2) is 0 Å². The zero-order valence-corrected chi connectivity index (χ0v) is 19.1. The Labute approximate surface area is 192 Å². The summed E-state index contributed by atoms with van der Waals surface area (Å²) in [4.78, 5) is 24.2. The minimum atomic E-state index is -3.65. The summed E-state index contributed by atoms with van der Waals surface area (Å²) in [6.07, 6.45) is 7.13. The molecule has 3 heterocycles. The van der Waals surface area contributed by atoms with Gasteiger partial charge in [0, 0.05) is 47.5 Å². The predicted molar refractivity (Wildman–Crippen MR) is 129 cm³/mol. The molecule has 2 aromatic carbocycles. The van der Waals surface area contributed by atoms with Gasteiger partial charge in [-0.3, -0.25) is 19.5 Å². The van der Waals surface area contributed by atoms with Crippen molar-refractivity contribution < 1.29 is 13.2 Å². The first-order chi connectivity index (χ1) is 15.9. The number of fused-ring (bicyclic) bond motifs is 2. The van der Waals surface area contributed by atoms with Gasteiger partial charge in [-0.2, -0.15) is 0 Å². The number of hydrogen-bond acceptors (Lipinski definition) is 6. The largest absolute Gasteiger partial charge is 0.371 e. The van der Waals surface area contributed by atoms with Gasteiger partial charge in [0.1, 0.15) is 11.9 Å². The molecule has 2 aliphatic rings. The summed E-state index contributed by atoms with van der Waals surface area (Å²) in [5.74, 6) is -0.151. The number of nitrogens with one attached hydrogen (secondary N) is 2. The number of pyridine rings is 1. The lowest BCUT2D eigenvalue weighted by Crippen LogP contribution is -2.30. The Morgan fingerprint density at radius 1 is 1.09 bits per heavy atom. The molecule has 9 heteroatoms. The topological polar surface area (TPSA) is 104 Å². The maximum absolute atomic E-state index is 13.0. The Bertz CT molecular complexity index is 1360. The van der Waals surface area contributed by atoms with Crippen LogP contribution in [0.2, 0.25) is 0 Å². The third-order valence-electron chi connectivity index (χ3n) is 6.11. The first-order valence-electron chi connectivity index (χ1n) is 11.1. The van der Waals surface area contributed by atoms with E-state index in [1.807, 2.05) is 18.2 Å². The monoisotopic (exact) mass is 463 g/mol. The van der Waals surface area contributed by atoms with E-state index in [0.29, 0.717) is 11.3 Å². The molecule has 170 valence electrons. The Kier molecular flexibility index (Phi) is 5.49. The van der Waals surface area contributed by atoms with Crippen LogP contribution in [-0.4, -0.2) is 44.3 Å². The molecule has 5 rings (SSSR count). The highest BCUT2D eigenvalue weighted by molar-refractivity contribution is 7.90. The third-order valence-corrected chi connectivity index (χ3v) is 7.51. The second-order valence-corrected chi connectivity index (χ2v) is 10.00. The molecule has 1 aromatic heterocycles. The number of piperidine rings is 1. The summed E-state index contributed by atoms with van der Waals surface area (Å²) >= 11 is 0. The van der Waals surface area contributed by atoms with E-state index >= 15 is 0 Å². The first-order valence-corrected chi connectivity index (χ1v) is 12.5.